The van der Waals surface area contributed by atoms with Crippen molar-refractivity contribution in [3.05, 3.63) is 53.5 Å². The van der Waals surface area contributed by atoms with Gasteiger partial charge in [0.15, 0.2) is 0 Å². The van der Waals surface area contributed by atoms with E-state index in [1.54, 1.807) is 6.07 Å². The number of benzene rings is 1. The fraction of sp³-hybridized carbons (Fsp3) is 0.312. The summed E-state index contributed by atoms with van der Waals surface area (Å²) in [6, 6.07) is 11.3. The molecule has 0 spiro atoms. The number of anilines is 1. The van der Waals surface area contributed by atoms with E-state index >= 15 is 0 Å². The third-order valence-electron chi connectivity index (χ3n) is 3.22. The smallest absolute Gasteiger partial charge is 0.371 e. The standard InChI is InChI=1S/C16H19NO3/c1-10(2)12-4-6-13(7-5-12)17-11(3)14-8-9-15(20-14)16(18)19/h4-11,17H,1-3H3,(H,18,19). The van der Waals surface area contributed by atoms with Gasteiger partial charge in [-0.2, -0.15) is 0 Å². The van der Waals surface area contributed by atoms with Crippen LogP contribution in [0.3, 0.4) is 0 Å². The first-order valence-electron chi connectivity index (χ1n) is 6.67. The Hall–Kier alpha value is -2.23. The summed E-state index contributed by atoms with van der Waals surface area (Å²) in [6.07, 6.45) is 0. The van der Waals surface area contributed by atoms with Gasteiger partial charge in [-0.05, 0) is 42.7 Å². The zero-order chi connectivity index (χ0) is 14.7. The van der Waals surface area contributed by atoms with E-state index in [4.69, 9.17) is 9.52 Å². The molecule has 4 nitrogen and oxygen atoms in total. The minimum atomic E-state index is -1.05. The summed E-state index contributed by atoms with van der Waals surface area (Å²) in [4.78, 5) is 10.8. The average molecular weight is 273 g/mol. The average Bonchev–Trinajstić information content (AvgIpc) is 2.89. The van der Waals surface area contributed by atoms with Crippen LogP contribution >= 0.6 is 0 Å². The molecule has 1 heterocycles. The zero-order valence-corrected chi connectivity index (χ0v) is 11.9. The van der Waals surface area contributed by atoms with Crippen molar-refractivity contribution in [3.8, 4) is 0 Å². The predicted molar refractivity (Wildman–Crippen MR) is 78.2 cm³/mol. The minimum absolute atomic E-state index is 0.0381. The van der Waals surface area contributed by atoms with E-state index < -0.39 is 5.97 Å². The van der Waals surface area contributed by atoms with Gasteiger partial charge >= 0.3 is 5.97 Å². The van der Waals surface area contributed by atoms with Crippen molar-refractivity contribution in [1.82, 2.24) is 0 Å². The lowest BCUT2D eigenvalue weighted by molar-refractivity contribution is 0.0660. The fourth-order valence-electron chi connectivity index (χ4n) is 1.99. The molecule has 1 unspecified atom stereocenters. The minimum Gasteiger partial charge on any atom is -0.475 e. The van der Waals surface area contributed by atoms with E-state index in [1.807, 2.05) is 19.1 Å². The second kappa shape index (κ2) is 5.82. The lowest BCUT2D eigenvalue weighted by Crippen LogP contribution is -2.05. The molecule has 0 fully saturated rings. The summed E-state index contributed by atoms with van der Waals surface area (Å²) in [5, 5.41) is 12.1. The molecule has 2 aromatic rings. The van der Waals surface area contributed by atoms with Gasteiger partial charge in [0.25, 0.3) is 0 Å². The number of carbonyl (C=O) groups is 1. The molecule has 106 valence electrons. The van der Waals surface area contributed by atoms with Crippen LogP contribution in [0.15, 0.2) is 40.8 Å². The van der Waals surface area contributed by atoms with Gasteiger partial charge in [0.05, 0.1) is 6.04 Å². The van der Waals surface area contributed by atoms with Crippen LogP contribution in [0.1, 0.15) is 54.6 Å². The lowest BCUT2D eigenvalue weighted by atomic mass is 10.0. The van der Waals surface area contributed by atoms with Gasteiger partial charge in [0.2, 0.25) is 5.76 Å². The molecule has 1 aromatic carbocycles. The molecule has 1 atom stereocenters. The number of aromatic carboxylic acids is 1. The Kier molecular flexibility index (Phi) is 4.13. The van der Waals surface area contributed by atoms with Crippen molar-refractivity contribution in [1.29, 1.82) is 0 Å². The van der Waals surface area contributed by atoms with Gasteiger partial charge in [0.1, 0.15) is 5.76 Å². The summed E-state index contributed by atoms with van der Waals surface area (Å²) < 4.78 is 5.28. The normalized spacial score (nSPS) is 12.4. The summed E-state index contributed by atoms with van der Waals surface area (Å²) in [7, 11) is 0. The predicted octanol–water partition coefficient (Wildman–Crippen LogP) is 4.27. The van der Waals surface area contributed by atoms with E-state index in [9.17, 15) is 4.79 Å². The molecule has 0 aliphatic carbocycles. The van der Waals surface area contributed by atoms with Crippen LogP contribution in [0.2, 0.25) is 0 Å². The van der Waals surface area contributed by atoms with E-state index in [0.29, 0.717) is 11.7 Å². The monoisotopic (exact) mass is 273 g/mol. The van der Waals surface area contributed by atoms with Crippen molar-refractivity contribution in [2.45, 2.75) is 32.7 Å². The number of hydrogen-bond acceptors (Lipinski definition) is 3. The maximum atomic E-state index is 10.8. The third kappa shape index (κ3) is 3.20. The number of furan rings is 1. The quantitative estimate of drug-likeness (QED) is 0.853. The summed E-state index contributed by atoms with van der Waals surface area (Å²) in [5.74, 6) is 0.0218. The SMILES string of the molecule is CC(C)c1ccc(NC(C)c2ccc(C(=O)O)o2)cc1. The van der Waals surface area contributed by atoms with Crippen molar-refractivity contribution in [3.63, 3.8) is 0 Å². The van der Waals surface area contributed by atoms with Gasteiger partial charge in [0, 0.05) is 5.69 Å². The Morgan fingerprint density at radius 2 is 1.75 bits per heavy atom. The Bertz CT molecular complexity index is 584. The van der Waals surface area contributed by atoms with Crippen LogP contribution in [0, 0.1) is 0 Å². The molecule has 0 amide bonds. The number of carboxylic acids is 1. The number of carboxylic acid groups (broad SMARTS) is 1. The first-order chi connectivity index (χ1) is 9.47. The topological polar surface area (TPSA) is 62.5 Å². The van der Waals surface area contributed by atoms with E-state index in [1.165, 1.54) is 11.6 Å². The van der Waals surface area contributed by atoms with Gasteiger partial charge in [-0.15, -0.1) is 0 Å². The molecule has 1 aromatic heterocycles. The highest BCUT2D eigenvalue weighted by atomic mass is 16.4. The molecular formula is C16H19NO3. The molecule has 2 rings (SSSR count). The maximum absolute atomic E-state index is 10.8. The third-order valence-corrected chi connectivity index (χ3v) is 3.22. The molecule has 2 N–H and O–H groups in total. The maximum Gasteiger partial charge on any atom is 0.371 e. The molecule has 0 bridgehead atoms. The van der Waals surface area contributed by atoms with Gasteiger partial charge in [-0.25, -0.2) is 4.79 Å². The first-order valence-corrected chi connectivity index (χ1v) is 6.67. The molecule has 0 aliphatic rings. The zero-order valence-electron chi connectivity index (χ0n) is 11.9. The molecule has 0 saturated heterocycles. The van der Waals surface area contributed by atoms with Crippen molar-refractivity contribution < 1.29 is 14.3 Å². The Balaban J connectivity index is 2.06. The van der Waals surface area contributed by atoms with E-state index in [-0.39, 0.29) is 11.8 Å². The van der Waals surface area contributed by atoms with Crippen LogP contribution in [0.25, 0.3) is 0 Å². The van der Waals surface area contributed by atoms with Gasteiger partial charge < -0.3 is 14.8 Å². The highest BCUT2D eigenvalue weighted by Gasteiger charge is 2.14. The number of rotatable bonds is 5. The van der Waals surface area contributed by atoms with E-state index in [2.05, 4.69) is 31.3 Å². The van der Waals surface area contributed by atoms with Crippen molar-refractivity contribution in [2.75, 3.05) is 5.32 Å². The molecule has 4 heteroatoms. The summed E-state index contributed by atoms with van der Waals surface area (Å²) in [5.41, 5.74) is 2.27. The van der Waals surface area contributed by atoms with Crippen molar-refractivity contribution in [2.24, 2.45) is 0 Å². The molecule has 0 aliphatic heterocycles. The number of hydrogen-bond donors (Lipinski definition) is 2. The Labute approximate surface area is 118 Å². The second-order valence-corrected chi connectivity index (χ2v) is 5.15. The van der Waals surface area contributed by atoms with E-state index in [0.717, 1.165) is 5.69 Å². The van der Waals surface area contributed by atoms with Gasteiger partial charge in [-0.3, -0.25) is 0 Å². The van der Waals surface area contributed by atoms with Crippen LogP contribution in [0.5, 0.6) is 0 Å². The van der Waals surface area contributed by atoms with Crippen LogP contribution < -0.4 is 5.32 Å². The van der Waals surface area contributed by atoms with Crippen LogP contribution in [-0.4, -0.2) is 11.1 Å². The molecule has 20 heavy (non-hydrogen) atoms. The molecule has 0 radical (unpaired) electrons. The Morgan fingerprint density at radius 1 is 1.10 bits per heavy atom. The summed E-state index contributed by atoms with van der Waals surface area (Å²) >= 11 is 0. The fourth-order valence-corrected chi connectivity index (χ4v) is 1.99. The highest BCUT2D eigenvalue weighted by Crippen LogP contribution is 2.23. The molecular weight excluding hydrogens is 254 g/mol. The Morgan fingerprint density at radius 3 is 2.25 bits per heavy atom. The first kappa shape index (κ1) is 14.2. The number of nitrogens with one attached hydrogen (secondary N) is 1. The summed E-state index contributed by atoms with van der Waals surface area (Å²) in [6.45, 7) is 6.24. The van der Waals surface area contributed by atoms with Crippen LogP contribution in [0.4, 0.5) is 5.69 Å². The molecule has 0 saturated carbocycles. The van der Waals surface area contributed by atoms with Gasteiger partial charge in [-0.1, -0.05) is 26.0 Å². The lowest BCUT2D eigenvalue weighted by Gasteiger charge is -2.14. The highest BCUT2D eigenvalue weighted by molar-refractivity contribution is 5.84. The van der Waals surface area contributed by atoms with Crippen molar-refractivity contribution >= 4 is 11.7 Å². The van der Waals surface area contributed by atoms with Crippen LogP contribution in [-0.2, 0) is 0 Å². The largest absolute Gasteiger partial charge is 0.475 e. The second-order valence-electron chi connectivity index (χ2n) is 5.15.